The average Bonchev–Trinajstić information content (AvgIpc) is 3.30. The molecule has 0 unspecified atom stereocenters. The number of halogens is 2. The second-order valence-corrected chi connectivity index (χ2v) is 13.1. The van der Waals surface area contributed by atoms with Gasteiger partial charge in [0.2, 0.25) is 15.9 Å². The van der Waals surface area contributed by atoms with Crippen molar-refractivity contribution < 1.29 is 27.1 Å². The number of ether oxygens (including phenoxy) is 2. The summed E-state index contributed by atoms with van der Waals surface area (Å²) in [4.78, 5) is 24.3. The lowest BCUT2D eigenvalue weighted by molar-refractivity contribution is -0.0591. The van der Waals surface area contributed by atoms with Crippen LogP contribution in [0.3, 0.4) is 0 Å². The van der Waals surface area contributed by atoms with E-state index in [1.807, 2.05) is 16.9 Å². The van der Waals surface area contributed by atoms with Crippen molar-refractivity contribution in [1.82, 2.24) is 24.2 Å². The van der Waals surface area contributed by atoms with Crippen LogP contribution >= 0.6 is 11.6 Å². The third kappa shape index (κ3) is 7.10. The van der Waals surface area contributed by atoms with Gasteiger partial charge in [0.05, 0.1) is 42.2 Å². The summed E-state index contributed by atoms with van der Waals surface area (Å²) in [5.41, 5.74) is 4.03. The van der Waals surface area contributed by atoms with Gasteiger partial charge in [-0.05, 0) is 54.8 Å². The van der Waals surface area contributed by atoms with Crippen LogP contribution in [-0.4, -0.2) is 65.8 Å². The third-order valence-electron chi connectivity index (χ3n) is 7.65. The maximum Gasteiger partial charge on any atom is 0.264 e. The Bertz CT molecular complexity index is 1860. The van der Waals surface area contributed by atoms with E-state index >= 15 is 0 Å². The summed E-state index contributed by atoms with van der Waals surface area (Å²) in [5.74, 6) is 0.153. The number of hydrogen-bond acceptors (Lipinski definition) is 8. The van der Waals surface area contributed by atoms with Gasteiger partial charge in [0.15, 0.2) is 0 Å². The molecule has 2 aliphatic rings. The lowest BCUT2D eigenvalue weighted by atomic mass is 10.0. The van der Waals surface area contributed by atoms with Gasteiger partial charge in [-0.1, -0.05) is 29.8 Å². The highest BCUT2D eigenvalue weighted by atomic mass is 35.5. The monoisotopic (exact) mass is 639 g/mol. The summed E-state index contributed by atoms with van der Waals surface area (Å²) in [6, 6.07) is 15.0. The van der Waals surface area contributed by atoms with Crippen LogP contribution in [0.5, 0.6) is 5.88 Å². The molecule has 13 heteroatoms. The average molecular weight is 640 g/mol. The fourth-order valence-corrected chi connectivity index (χ4v) is 5.86. The van der Waals surface area contributed by atoms with E-state index in [1.54, 1.807) is 36.4 Å². The Labute approximate surface area is 259 Å². The molecule has 0 bridgehead atoms. The molecule has 44 heavy (non-hydrogen) atoms. The molecule has 0 saturated carbocycles. The van der Waals surface area contributed by atoms with Gasteiger partial charge in [0.1, 0.15) is 18.2 Å². The maximum atomic E-state index is 14.1. The lowest BCUT2D eigenvalue weighted by Gasteiger charge is -2.29. The molecule has 0 spiro atoms. The molecule has 1 fully saturated rings. The van der Waals surface area contributed by atoms with E-state index < -0.39 is 21.7 Å². The summed E-state index contributed by atoms with van der Waals surface area (Å²) >= 11 is 5.84. The van der Waals surface area contributed by atoms with Crippen LogP contribution in [-0.2, 0) is 34.5 Å². The predicted molar refractivity (Wildman–Crippen MR) is 164 cm³/mol. The minimum Gasteiger partial charge on any atom is -0.473 e. The molecule has 2 aliphatic heterocycles. The minimum absolute atomic E-state index is 0.0447. The van der Waals surface area contributed by atoms with Crippen molar-refractivity contribution in [3.8, 4) is 5.88 Å². The van der Waals surface area contributed by atoms with Gasteiger partial charge < -0.3 is 14.0 Å². The number of aromatic nitrogens is 3. The Morgan fingerprint density at radius 1 is 1.18 bits per heavy atom. The Morgan fingerprint density at radius 2 is 2.02 bits per heavy atom. The smallest absolute Gasteiger partial charge is 0.264 e. The first-order valence-electron chi connectivity index (χ1n) is 14.2. The lowest BCUT2D eigenvalue weighted by Crippen LogP contribution is -2.33. The zero-order valence-electron chi connectivity index (χ0n) is 24.0. The summed E-state index contributed by atoms with van der Waals surface area (Å²) in [6.45, 7) is 3.40. The molecule has 1 saturated heterocycles. The topological polar surface area (TPSA) is 116 Å². The number of hydrogen-bond donors (Lipinski definition) is 1. The molecular formula is C31H31ClFN5O5S. The second-order valence-electron chi connectivity index (χ2n) is 10.9. The van der Waals surface area contributed by atoms with E-state index in [0.29, 0.717) is 42.7 Å². The maximum absolute atomic E-state index is 14.1. The summed E-state index contributed by atoms with van der Waals surface area (Å²) in [7, 11) is -3.69. The van der Waals surface area contributed by atoms with Gasteiger partial charge in [0.25, 0.3) is 5.91 Å². The first-order chi connectivity index (χ1) is 21.1. The predicted octanol–water partition coefficient (Wildman–Crippen LogP) is 4.57. The first-order valence-corrected chi connectivity index (χ1v) is 16.5. The minimum atomic E-state index is -3.69. The second kappa shape index (κ2) is 12.6. The number of sulfonamides is 1. The molecule has 0 aliphatic carbocycles. The molecule has 2 aromatic heterocycles. The fourth-order valence-electron chi connectivity index (χ4n) is 5.25. The number of imidazole rings is 1. The van der Waals surface area contributed by atoms with Crippen LogP contribution in [0.4, 0.5) is 4.39 Å². The highest BCUT2D eigenvalue weighted by Crippen LogP contribution is 2.27. The van der Waals surface area contributed by atoms with E-state index in [1.165, 1.54) is 6.07 Å². The van der Waals surface area contributed by atoms with E-state index in [4.69, 9.17) is 26.1 Å². The van der Waals surface area contributed by atoms with Gasteiger partial charge in [-0.2, -0.15) is 0 Å². The van der Waals surface area contributed by atoms with Gasteiger partial charge in [0, 0.05) is 41.9 Å². The largest absolute Gasteiger partial charge is 0.473 e. The van der Waals surface area contributed by atoms with Crippen LogP contribution < -0.4 is 9.46 Å². The normalized spacial score (nSPS) is 17.2. The number of carbonyl (C=O) groups is 1. The van der Waals surface area contributed by atoms with Crippen LogP contribution in [0, 0.1) is 5.82 Å². The molecular weight excluding hydrogens is 609 g/mol. The number of fused-ring (bicyclic) bond motifs is 1. The fraction of sp³-hybridized carbons (Fsp3) is 0.323. The Kier molecular flexibility index (Phi) is 8.68. The van der Waals surface area contributed by atoms with E-state index in [9.17, 15) is 17.6 Å². The zero-order valence-corrected chi connectivity index (χ0v) is 25.6. The van der Waals surface area contributed by atoms with Crippen LogP contribution in [0.2, 0.25) is 5.02 Å². The highest BCUT2D eigenvalue weighted by molar-refractivity contribution is 7.89. The standard InChI is InChI=1S/C31H31ClFN5O5S/c1-44(40,41)36-31(39)21-6-8-27-28(15-21)38(17-24-11-14-42-24)29(34-27)18-37-12-9-20(10-13-37)26-3-2-4-30(35-26)43-19-22-5-7-23(32)16-25(22)33/h2-9,15-16,24H,10-14,17-19H2,1H3,(H,36,39)/t24-/m0/s1. The number of rotatable bonds is 10. The molecule has 1 atom stereocenters. The summed E-state index contributed by atoms with van der Waals surface area (Å²) in [5, 5.41) is 0.333. The van der Waals surface area contributed by atoms with Crippen molar-refractivity contribution in [2.45, 2.75) is 38.6 Å². The molecule has 2 aromatic carbocycles. The van der Waals surface area contributed by atoms with Crippen LogP contribution in [0.1, 0.15) is 40.3 Å². The molecule has 10 nitrogen and oxygen atoms in total. The molecule has 4 heterocycles. The van der Waals surface area contributed by atoms with Crippen molar-refractivity contribution in [2.24, 2.45) is 0 Å². The van der Waals surface area contributed by atoms with E-state index in [-0.39, 0.29) is 18.3 Å². The molecule has 0 radical (unpaired) electrons. The van der Waals surface area contributed by atoms with Crippen LogP contribution in [0.15, 0.2) is 60.7 Å². The summed E-state index contributed by atoms with van der Waals surface area (Å²) < 4.78 is 52.9. The number of nitrogens with one attached hydrogen (secondary N) is 1. The first kappa shape index (κ1) is 30.2. The SMILES string of the molecule is CS(=O)(=O)NC(=O)c1ccc2nc(CN3CC=C(c4cccc(OCc5ccc(Cl)cc5F)n4)CC3)n(C[C@@H]3CCO3)c2c1. The number of amides is 1. The number of pyridine rings is 1. The molecule has 4 aromatic rings. The Morgan fingerprint density at radius 3 is 2.73 bits per heavy atom. The van der Waals surface area contributed by atoms with Crippen molar-refractivity contribution in [2.75, 3.05) is 26.0 Å². The van der Waals surface area contributed by atoms with E-state index in [0.717, 1.165) is 53.8 Å². The summed E-state index contributed by atoms with van der Waals surface area (Å²) in [6.07, 6.45) is 4.86. The van der Waals surface area contributed by atoms with Crippen molar-refractivity contribution in [3.63, 3.8) is 0 Å². The van der Waals surface area contributed by atoms with E-state index in [2.05, 4.69) is 20.5 Å². The molecule has 1 amide bonds. The van der Waals surface area contributed by atoms with Gasteiger partial charge in [-0.3, -0.25) is 9.69 Å². The molecule has 1 N–H and O–H groups in total. The zero-order chi connectivity index (χ0) is 30.8. The highest BCUT2D eigenvalue weighted by Gasteiger charge is 2.24. The van der Waals surface area contributed by atoms with Crippen LogP contribution in [0.25, 0.3) is 16.6 Å². The molecule has 230 valence electrons. The quantitative estimate of drug-likeness (QED) is 0.268. The van der Waals surface area contributed by atoms with Gasteiger partial charge in [-0.25, -0.2) is 27.5 Å². The number of carbonyl (C=O) groups excluding carboxylic acids is 1. The Hall–Kier alpha value is -3.84. The number of nitrogens with zero attached hydrogens (tertiary/aromatic N) is 4. The molecule has 6 rings (SSSR count). The van der Waals surface area contributed by atoms with Crippen molar-refractivity contribution >= 4 is 44.1 Å². The van der Waals surface area contributed by atoms with Crippen molar-refractivity contribution in [3.05, 3.63) is 94.2 Å². The van der Waals surface area contributed by atoms with Gasteiger partial charge in [-0.15, -0.1) is 0 Å². The number of benzene rings is 2. The van der Waals surface area contributed by atoms with Crippen molar-refractivity contribution in [1.29, 1.82) is 0 Å². The third-order valence-corrected chi connectivity index (χ3v) is 8.44. The Balaban J connectivity index is 1.16. The van der Waals surface area contributed by atoms with Gasteiger partial charge >= 0.3 is 0 Å².